The Bertz CT molecular complexity index is 720. The number of aromatic nitrogens is 1. The van der Waals surface area contributed by atoms with Gasteiger partial charge in [-0.2, -0.15) is 0 Å². The highest BCUT2D eigenvalue weighted by molar-refractivity contribution is 8.01. The number of anilines is 1. The fourth-order valence-electron chi connectivity index (χ4n) is 1.35. The van der Waals surface area contributed by atoms with E-state index in [9.17, 15) is 14.1 Å². The van der Waals surface area contributed by atoms with Crippen molar-refractivity contribution in [1.29, 1.82) is 0 Å². The van der Waals surface area contributed by atoms with E-state index in [0.29, 0.717) is 9.34 Å². The van der Waals surface area contributed by atoms with Crippen LogP contribution >= 0.6 is 11.3 Å². The minimum absolute atomic E-state index is 0.103. The van der Waals surface area contributed by atoms with Gasteiger partial charge in [-0.1, -0.05) is 23.5 Å². The molecule has 2 N–H and O–H groups in total. The van der Waals surface area contributed by atoms with Gasteiger partial charge in [-0.15, -0.1) is 0 Å². The number of amides is 1. The third kappa shape index (κ3) is 3.12. The Morgan fingerprint density at radius 3 is 2.74 bits per heavy atom. The van der Waals surface area contributed by atoms with Crippen LogP contribution in [0.5, 0.6) is 5.75 Å². The number of hydrogen-bond donors (Lipinski definition) is 2. The number of nitrogens with one attached hydrogen (secondary N) is 1. The van der Waals surface area contributed by atoms with Crippen LogP contribution in [-0.4, -0.2) is 32.3 Å². The molecule has 19 heavy (non-hydrogen) atoms. The maximum absolute atomic E-state index is 11.9. The summed E-state index contributed by atoms with van der Waals surface area (Å²) in [5.41, 5.74) is 0.158. The Morgan fingerprint density at radius 2 is 2.16 bits per heavy atom. The maximum atomic E-state index is 11.9. The predicted octanol–water partition coefficient (Wildman–Crippen LogP) is 1.81. The second-order valence-electron chi connectivity index (χ2n) is 3.96. The topological polar surface area (TPSA) is 79.3 Å². The average molecular weight is 296 g/mol. The number of phenolic OH excluding ortho intramolecular Hbond substituents is 1. The summed E-state index contributed by atoms with van der Waals surface area (Å²) in [5.74, 6) is 2.98. The first-order valence-corrected chi connectivity index (χ1v) is 8.20. The fourth-order valence-corrected chi connectivity index (χ4v) is 3.11. The van der Waals surface area contributed by atoms with Crippen molar-refractivity contribution < 1.29 is 14.1 Å². The highest BCUT2D eigenvalue weighted by Crippen LogP contribution is 2.24. The summed E-state index contributed by atoms with van der Waals surface area (Å²) in [7, 11) is -2.34. The predicted molar refractivity (Wildman–Crippen MR) is 77.6 cm³/mol. The molecule has 0 aliphatic carbocycles. The molecule has 1 aromatic heterocycles. The van der Waals surface area contributed by atoms with Gasteiger partial charge in [0.2, 0.25) is 0 Å². The van der Waals surface area contributed by atoms with E-state index in [4.69, 9.17) is 0 Å². The van der Waals surface area contributed by atoms with Crippen molar-refractivity contribution in [1.82, 2.24) is 4.98 Å². The van der Waals surface area contributed by atoms with Gasteiger partial charge in [0.25, 0.3) is 5.91 Å². The van der Waals surface area contributed by atoms with E-state index >= 15 is 0 Å². The first-order valence-electron chi connectivity index (χ1n) is 5.25. The van der Waals surface area contributed by atoms with E-state index in [1.54, 1.807) is 12.1 Å². The van der Waals surface area contributed by atoms with Gasteiger partial charge in [0, 0.05) is 15.8 Å². The summed E-state index contributed by atoms with van der Waals surface area (Å²) in [6.07, 6.45) is 2.94. The van der Waals surface area contributed by atoms with Crippen LogP contribution in [0.25, 0.3) is 0 Å². The molecule has 0 radical (unpaired) electrons. The molecule has 2 aromatic rings. The van der Waals surface area contributed by atoms with Crippen LogP contribution in [0.15, 0.2) is 34.7 Å². The van der Waals surface area contributed by atoms with E-state index in [1.165, 1.54) is 24.6 Å². The lowest BCUT2D eigenvalue weighted by Gasteiger charge is -2.03. The number of benzene rings is 1. The van der Waals surface area contributed by atoms with Crippen molar-refractivity contribution in [2.24, 2.45) is 0 Å². The molecular formula is C12H12N2O3S2. The lowest BCUT2D eigenvalue weighted by Crippen LogP contribution is -2.11. The molecule has 1 unspecified atom stereocenters. The molecule has 0 bridgehead atoms. The molecule has 1 aromatic carbocycles. The zero-order valence-electron chi connectivity index (χ0n) is 10.1. The van der Waals surface area contributed by atoms with Gasteiger partial charge in [-0.3, -0.25) is 14.3 Å². The Morgan fingerprint density at radius 1 is 1.47 bits per heavy atom. The number of thiazole rings is 1. The minimum Gasteiger partial charge on any atom is -0.507 e. The number of phenols is 1. The monoisotopic (exact) mass is 296 g/mol. The number of carbonyl (C=O) groups excluding carboxylic acids is 1. The van der Waals surface area contributed by atoms with Crippen molar-refractivity contribution in [3.8, 4) is 5.75 Å². The number of hydrogen-bond acceptors (Lipinski definition) is 5. The Balaban J connectivity index is 2.21. The SMILES string of the molecule is C=S(C)(=O)c1cnc(NC(=O)c2ccccc2O)s1. The first-order chi connectivity index (χ1) is 8.88. The van der Waals surface area contributed by atoms with Gasteiger partial charge in [-0.05, 0) is 18.0 Å². The lowest BCUT2D eigenvalue weighted by molar-refractivity contribution is 0.102. The number of rotatable bonds is 3. The molecule has 7 heteroatoms. The van der Waals surface area contributed by atoms with E-state index in [-0.39, 0.29) is 11.3 Å². The van der Waals surface area contributed by atoms with Crippen LogP contribution < -0.4 is 5.32 Å². The second kappa shape index (κ2) is 5.02. The highest BCUT2D eigenvalue weighted by Gasteiger charge is 2.13. The van der Waals surface area contributed by atoms with Gasteiger partial charge < -0.3 is 5.11 Å². The zero-order chi connectivity index (χ0) is 14.0. The molecule has 0 spiro atoms. The van der Waals surface area contributed by atoms with Crippen LogP contribution in [0.3, 0.4) is 0 Å². The van der Waals surface area contributed by atoms with Gasteiger partial charge in [0.15, 0.2) is 5.13 Å². The molecule has 1 amide bonds. The highest BCUT2D eigenvalue weighted by atomic mass is 32.2. The van der Waals surface area contributed by atoms with Crippen molar-refractivity contribution in [3.63, 3.8) is 0 Å². The average Bonchev–Trinajstić information content (AvgIpc) is 2.77. The van der Waals surface area contributed by atoms with Crippen LogP contribution in [0.2, 0.25) is 0 Å². The molecule has 1 atom stereocenters. The van der Waals surface area contributed by atoms with Gasteiger partial charge in [0.1, 0.15) is 9.96 Å². The smallest absolute Gasteiger partial charge is 0.261 e. The second-order valence-corrected chi connectivity index (χ2v) is 7.70. The normalized spacial score (nSPS) is 13.7. The number of carbonyl (C=O) groups is 1. The third-order valence-corrected chi connectivity index (χ3v) is 5.25. The molecule has 0 aliphatic rings. The molecule has 0 saturated carbocycles. The quantitative estimate of drug-likeness (QED) is 0.847. The van der Waals surface area contributed by atoms with E-state index in [2.05, 4.69) is 16.2 Å². The van der Waals surface area contributed by atoms with Gasteiger partial charge in [0.05, 0.1) is 11.8 Å². The summed E-state index contributed by atoms with van der Waals surface area (Å²) in [5, 5.41) is 12.4. The number of nitrogens with zero attached hydrogens (tertiary/aromatic N) is 1. The molecular weight excluding hydrogens is 284 g/mol. The number of para-hydroxylation sites is 1. The van der Waals surface area contributed by atoms with Crippen LogP contribution in [0, 0.1) is 0 Å². The largest absolute Gasteiger partial charge is 0.507 e. The Kier molecular flexibility index (Phi) is 3.59. The van der Waals surface area contributed by atoms with Crippen LogP contribution in [-0.2, 0) is 9.52 Å². The minimum atomic E-state index is -2.34. The molecule has 5 nitrogen and oxygen atoms in total. The number of aromatic hydroxyl groups is 1. The molecule has 0 fully saturated rings. The Labute approximate surface area is 114 Å². The molecule has 0 saturated heterocycles. The van der Waals surface area contributed by atoms with Crippen molar-refractivity contribution in [2.75, 3.05) is 11.6 Å². The zero-order valence-corrected chi connectivity index (χ0v) is 11.8. The summed E-state index contributed by atoms with van der Waals surface area (Å²) in [4.78, 5) is 15.9. The molecule has 0 aliphatic heterocycles. The summed E-state index contributed by atoms with van der Waals surface area (Å²) in [6.45, 7) is 0. The standard InChI is InChI=1S/C12H12N2O3S2/c1-19(2,17)10-7-13-12(18-10)14-11(16)8-5-3-4-6-9(8)15/h3-7,15H,1H2,2H3,(H,13,14,16). The molecule has 2 rings (SSSR count). The van der Waals surface area contributed by atoms with E-state index < -0.39 is 15.4 Å². The van der Waals surface area contributed by atoms with Gasteiger partial charge in [-0.25, -0.2) is 4.98 Å². The fraction of sp³-hybridized carbons (Fsp3) is 0.0833. The summed E-state index contributed by atoms with van der Waals surface area (Å²) < 4.78 is 12.2. The first kappa shape index (κ1) is 13.6. The van der Waals surface area contributed by atoms with Crippen molar-refractivity contribution in [3.05, 3.63) is 36.0 Å². The van der Waals surface area contributed by atoms with Gasteiger partial charge >= 0.3 is 0 Å². The van der Waals surface area contributed by atoms with Crippen molar-refractivity contribution in [2.45, 2.75) is 4.21 Å². The van der Waals surface area contributed by atoms with Crippen LogP contribution in [0.4, 0.5) is 5.13 Å². The third-order valence-electron chi connectivity index (χ3n) is 2.28. The van der Waals surface area contributed by atoms with Crippen molar-refractivity contribution >= 4 is 37.8 Å². The summed E-state index contributed by atoms with van der Waals surface area (Å²) in [6, 6.07) is 6.21. The molecule has 1 heterocycles. The van der Waals surface area contributed by atoms with E-state index in [0.717, 1.165) is 11.3 Å². The van der Waals surface area contributed by atoms with E-state index in [1.807, 2.05) is 0 Å². The lowest BCUT2D eigenvalue weighted by atomic mass is 10.2. The van der Waals surface area contributed by atoms with Crippen LogP contribution in [0.1, 0.15) is 10.4 Å². The maximum Gasteiger partial charge on any atom is 0.261 e. The summed E-state index contributed by atoms with van der Waals surface area (Å²) >= 11 is 1.11. The Hall–Kier alpha value is -1.86. The molecule has 100 valence electrons.